The quantitative estimate of drug-likeness (QED) is 0.800. The van der Waals surface area contributed by atoms with Crippen molar-refractivity contribution in [2.24, 2.45) is 0 Å². The second-order valence-electron chi connectivity index (χ2n) is 4.23. The Morgan fingerprint density at radius 2 is 2.00 bits per heavy atom. The molecule has 0 amide bonds. The molecule has 0 aliphatic rings. The van der Waals surface area contributed by atoms with Crippen molar-refractivity contribution in [2.45, 2.75) is 6.54 Å². The summed E-state index contributed by atoms with van der Waals surface area (Å²) in [6.07, 6.45) is 4.89. The van der Waals surface area contributed by atoms with Gasteiger partial charge in [-0.25, -0.2) is 9.97 Å². The monoisotopic (exact) mass is 285 g/mol. The van der Waals surface area contributed by atoms with Gasteiger partial charge in [-0.3, -0.25) is 4.68 Å². The van der Waals surface area contributed by atoms with Crippen LogP contribution in [0.1, 0.15) is 5.56 Å². The van der Waals surface area contributed by atoms with Crippen LogP contribution in [0.2, 0.25) is 5.02 Å². The molecule has 3 rings (SSSR count). The summed E-state index contributed by atoms with van der Waals surface area (Å²) < 4.78 is 1.85. The molecule has 1 aromatic carbocycles. The SMILES string of the molecule is Clc1cncnc1Nc1ccn(Cc2ccccc2)n1. The van der Waals surface area contributed by atoms with Crippen molar-refractivity contribution in [2.75, 3.05) is 5.32 Å². The van der Waals surface area contributed by atoms with Gasteiger partial charge in [0.1, 0.15) is 11.3 Å². The first-order valence-electron chi connectivity index (χ1n) is 6.11. The smallest absolute Gasteiger partial charge is 0.153 e. The number of anilines is 2. The van der Waals surface area contributed by atoms with Crippen LogP contribution in [0, 0.1) is 0 Å². The predicted octanol–water partition coefficient (Wildman–Crippen LogP) is 3.12. The second-order valence-corrected chi connectivity index (χ2v) is 4.64. The van der Waals surface area contributed by atoms with E-state index in [-0.39, 0.29) is 0 Å². The van der Waals surface area contributed by atoms with Gasteiger partial charge < -0.3 is 5.32 Å². The summed E-state index contributed by atoms with van der Waals surface area (Å²) in [7, 11) is 0. The summed E-state index contributed by atoms with van der Waals surface area (Å²) in [4.78, 5) is 7.90. The van der Waals surface area contributed by atoms with Crippen LogP contribution >= 0.6 is 11.6 Å². The Bertz CT molecular complexity index is 696. The summed E-state index contributed by atoms with van der Waals surface area (Å²) in [5.41, 5.74) is 1.20. The number of hydrogen-bond acceptors (Lipinski definition) is 4. The number of rotatable bonds is 4. The first kappa shape index (κ1) is 12.6. The van der Waals surface area contributed by atoms with Crippen LogP contribution in [0.5, 0.6) is 0 Å². The lowest BCUT2D eigenvalue weighted by Gasteiger charge is -2.03. The van der Waals surface area contributed by atoms with Crippen LogP contribution in [0.3, 0.4) is 0 Å². The molecule has 100 valence electrons. The van der Waals surface area contributed by atoms with Crippen LogP contribution in [-0.2, 0) is 6.54 Å². The van der Waals surface area contributed by atoms with E-state index in [0.717, 1.165) is 6.54 Å². The third kappa shape index (κ3) is 2.95. The summed E-state index contributed by atoms with van der Waals surface area (Å²) in [6, 6.07) is 12.0. The van der Waals surface area contributed by atoms with Gasteiger partial charge in [0.25, 0.3) is 0 Å². The molecule has 3 aromatic rings. The van der Waals surface area contributed by atoms with Gasteiger partial charge in [0, 0.05) is 12.3 Å². The van der Waals surface area contributed by atoms with Crippen molar-refractivity contribution in [3.63, 3.8) is 0 Å². The Morgan fingerprint density at radius 3 is 2.80 bits per heavy atom. The lowest BCUT2D eigenvalue weighted by molar-refractivity contribution is 0.689. The van der Waals surface area contributed by atoms with Crippen LogP contribution in [0.15, 0.2) is 55.1 Å². The summed E-state index contributed by atoms with van der Waals surface area (Å²) in [5.74, 6) is 1.24. The van der Waals surface area contributed by atoms with E-state index in [2.05, 4.69) is 32.5 Å². The van der Waals surface area contributed by atoms with E-state index < -0.39 is 0 Å². The molecule has 0 fully saturated rings. The van der Waals surface area contributed by atoms with Gasteiger partial charge in [-0.05, 0) is 5.56 Å². The molecule has 2 aromatic heterocycles. The number of nitrogens with zero attached hydrogens (tertiary/aromatic N) is 4. The normalized spacial score (nSPS) is 10.4. The molecule has 0 radical (unpaired) electrons. The topological polar surface area (TPSA) is 55.6 Å². The lowest BCUT2D eigenvalue weighted by atomic mass is 10.2. The van der Waals surface area contributed by atoms with Crippen molar-refractivity contribution < 1.29 is 0 Å². The standard InChI is InChI=1S/C14H12ClN5/c15-12-8-16-10-17-14(12)18-13-6-7-20(19-13)9-11-4-2-1-3-5-11/h1-8,10H,9H2,(H,16,17,18,19). The molecule has 0 unspecified atom stereocenters. The summed E-state index contributed by atoms with van der Waals surface area (Å²) >= 11 is 5.99. The molecule has 0 saturated carbocycles. The van der Waals surface area contributed by atoms with Gasteiger partial charge >= 0.3 is 0 Å². The zero-order chi connectivity index (χ0) is 13.8. The Morgan fingerprint density at radius 1 is 1.15 bits per heavy atom. The molecule has 0 atom stereocenters. The fourth-order valence-electron chi connectivity index (χ4n) is 1.81. The van der Waals surface area contributed by atoms with E-state index in [1.165, 1.54) is 18.1 Å². The molecule has 1 N–H and O–H groups in total. The van der Waals surface area contributed by atoms with E-state index in [1.54, 1.807) is 0 Å². The van der Waals surface area contributed by atoms with E-state index in [0.29, 0.717) is 16.7 Å². The number of hydrogen-bond donors (Lipinski definition) is 1. The lowest BCUT2D eigenvalue weighted by Crippen LogP contribution is -2.01. The average molecular weight is 286 g/mol. The fraction of sp³-hybridized carbons (Fsp3) is 0.0714. The van der Waals surface area contributed by atoms with Crippen molar-refractivity contribution in [3.05, 3.63) is 65.7 Å². The predicted molar refractivity (Wildman–Crippen MR) is 78.1 cm³/mol. The number of benzene rings is 1. The third-order valence-electron chi connectivity index (χ3n) is 2.74. The van der Waals surface area contributed by atoms with Crippen molar-refractivity contribution in [1.29, 1.82) is 0 Å². The average Bonchev–Trinajstić information content (AvgIpc) is 2.90. The Hall–Kier alpha value is -2.40. The van der Waals surface area contributed by atoms with Crippen molar-refractivity contribution in [1.82, 2.24) is 19.7 Å². The minimum absolute atomic E-state index is 0.463. The molecule has 2 heterocycles. The maximum Gasteiger partial charge on any atom is 0.153 e. The Labute approximate surface area is 121 Å². The molecule has 0 aliphatic heterocycles. The summed E-state index contributed by atoms with van der Waals surface area (Å²) in [5, 5.41) is 7.95. The maximum atomic E-state index is 5.99. The second kappa shape index (κ2) is 5.71. The van der Waals surface area contributed by atoms with Crippen molar-refractivity contribution >= 4 is 23.2 Å². The molecule has 5 nitrogen and oxygen atoms in total. The van der Waals surface area contributed by atoms with E-state index >= 15 is 0 Å². The first-order valence-corrected chi connectivity index (χ1v) is 6.49. The molecule has 20 heavy (non-hydrogen) atoms. The zero-order valence-electron chi connectivity index (χ0n) is 10.6. The largest absolute Gasteiger partial charge is 0.322 e. The highest BCUT2D eigenvalue weighted by molar-refractivity contribution is 6.32. The minimum Gasteiger partial charge on any atom is -0.322 e. The first-order chi connectivity index (χ1) is 9.81. The highest BCUT2D eigenvalue weighted by Gasteiger charge is 2.04. The third-order valence-corrected chi connectivity index (χ3v) is 3.02. The molecule has 0 saturated heterocycles. The molecule has 0 aliphatic carbocycles. The molecule has 0 spiro atoms. The Balaban J connectivity index is 1.73. The van der Waals surface area contributed by atoms with Gasteiger partial charge in [0.05, 0.1) is 12.7 Å². The number of halogens is 1. The van der Waals surface area contributed by atoms with Crippen LogP contribution < -0.4 is 5.32 Å². The van der Waals surface area contributed by atoms with Gasteiger partial charge in [0.15, 0.2) is 11.6 Å². The minimum atomic E-state index is 0.463. The van der Waals surface area contributed by atoms with Gasteiger partial charge in [-0.1, -0.05) is 41.9 Å². The number of aromatic nitrogens is 4. The highest BCUT2D eigenvalue weighted by atomic mass is 35.5. The van der Waals surface area contributed by atoms with Gasteiger partial charge in [0.2, 0.25) is 0 Å². The molecule has 6 heteroatoms. The van der Waals surface area contributed by atoms with E-state index in [4.69, 9.17) is 11.6 Å². The zero-order valence-corrected chi connectivity index (χ0v) is 11.3. The van der Waals surface area contributed by atoms with Crippen molar-refractivity contribution in [3.8, 4) is 0 Å². The van der Waals surface area contributed by atoms with E-state index in [9.17, 15) is 0 Å². The number of nitrogens with one attached hydrogen (secondary N) is 1. The summed E-state index contributed by atoms with van der Waals surface area (Å²) in [6.45, 7) is 0.722. The van der Waals surface area contributed by atoms with Crippen LogP contribution in [0.25, 0.3) is 0 Å². The molecular weight excluding hydrogens is 274 g/mol. The maximum absolute atomic E-state index is 5.99. The molecule has 0 bridgehead atoms. The Kier molecular flexibility index (Phi) is 3.60. The van der Waals surface area contributed by atoms with Crippen LogP contribution in [0.4, 0.5) is 11.6 Å². The van der Waals surface area contributed by atoms with Gasteiger partial charge in [-0.2, -0.15) is 5.10 Å². The molecular formula is C14H12ClN5. The fourth-order valence-corrected chi connectivity index (χ4v) is 1.97. The van der Waals surface area contributed by atoms with Crippen LogP contribution in [-0.4, -0.2) is 19.7 Å². The van der Waals surface area contributed by atoms with E-state index in [1.807, 2.05) is 35.1 Å². The van der Waals surface area contributed by atoms with Gasteiger partial charge in [-0.15, -0.1) is 0 Å². The highest BCUT2D eigenvalue weighted by Crippen LogP contribution is 2.20.